The zero-order valence-corrected chi connectivity index (χ0v) is 20.6. The maximum atomic E-state index is 12.8. The zero-order chi connectivity index (χ0) is 24.6. The molecule has 1 unspecified atom stereocenters. The van der Waals surface area contributed by atoms with Crippen molar-refractivity contribution < 1.29 is 22.5 Å². The van der Waals surface area contributed by atoms with Crippen LogP contribution >= 0.6 is 0 Å². The Bertz CT molecular complexity index is 1050. The van der Waals surface area contributed by atoms with Crippen molar-refractivity contribution in [2.45, 2.75) is 58.4 Å². The van der Waals surface area contributed by atoms with Crippen molar-refractivity contribution in [2.24, 2.45) is 5.92 Å². The van der Waals surface area contributed by atoms with Crippen molar-refractivity contribution in [1.82, 2.24) is 25.1 Å². The van der Waals surface area contributed by atoms with Gasteiger partial charge >= 0.3 is 0 Å². The summed E-state index contributed by atoms with van der Waals surface area (Å²) in [6.45, 7) is 9.95. The molecule has 2 amide bonds. The number of carbonyl (C=O) groups is 2. The smallest absolute Gasteiger partial charge is 0.251 e. The van der Waals surface area contributed by atoms with Gasteiger partial charge in [0, 0.05) is 31.6 Å². The van der Waals surface area contributed by atoms with E-state index in [9.17, 15) is 18.0 Å². The number of sulfonamides is 1. The Morgan fingerprint density at radius 3 is 2.45 bits per heavy atom. The largest absolute Gasteiger partial charge is 0.354 e. The number of rotatable bonds is 12. The number of nitrogens with zero attached hydrogens (tertiary/aromatic N) is 3. The SMILES string of the molecule is CCN(CC)S(=O)(=O)c1cccc(C(=O)NC(C(=O)NCCCc2nc(C)no2)C(C)C)c1. The van der Waals surface area contributed by atoms with E-state index < -0.39 is 22.0 Å². The van der Waals surface area contributed by atoms with Gasteiger partial charge in [-0.15, -0.1) is 0 Å². The fourth-order valence-electron chi connectivity index (χ4n) is 3.27. The van der Waals surface area contributed by atoms with Crippen molar-refractivity contribution in [3.63, 3.8) is 0 Å². The average molecular weight is 480 g/mol. The summed E-state index contributed by atoms with van der Waals surface area (Å²) >= 11 is 0. The number of aryl methyl sites for hydroxylation is 2. The number of aromatic nitrogens is 2. The van der Waals surface area contributed by atoms with Crippen molar-refractivity contribution in [3.05, 3.63) is 41.5 Å². The van der Waals surface area contributed by atoms with Crippen LogP contribution in [-0.4, -0.2) is 60.4 Å². The number of nitrogens with one attached hydrogen (secondary N) is 2. The third kappa shape index (κ3) is 7.10. The molecule has 2 N–H and O–H groups in total. The highest BCUT2D eigenvalue weighted by atomic mass is 32.2. The van der Waals surface area contributed by atoms with Gasteiger partial charge in [-0.05, 0) is 37.5 Å². The molecular formula is C22H33N5O5S. The van der Waals surface area contributed by atoms with E-state index in [-0.39, 0.29) is 22.3 Å². The lowest BCUT2D eigenvalue weighted by molar-refractivity contribution is -0.123. The molecule has 2 aromatic rings. The summed E-state index contributed by atoms with van der Waals surface area (Å²) in [5.41, 5.74) is 0.174. The van der Waals surface area contributed by atoms with Crippen LogP contribution in [0.25, 0.3) is 0 Å². The molecule has 33 heavy (non-hydrogen) atoms. The highest BCUT2D eigenvalue weighted by Gasteiger charge is 2.26. The molecule has 0 fully saturated rings. The topological polar surface area (TPSA) is 134 Å². The molecule has 0 aliphatic carbocycles. The maximum Gasteiger partial charge on any atom is 0.251 e. The van der Waals surface area contributed by atoms with Crippen molar-refractivity contribution >= 4 is 21.8 Å². The number of benzene rings is 1. The Morgan fingerprint density at radius 1 is 1.18 bits per heavy atom. The summed E-state index contributed by atoms with van der Waals surface area (Å²) < 4.78 is 31.9. The molecule has 0 aliphatic rings. The predicted molar refractivity (Wildman–Crippen MR) is 123 cm³/mol. The molecule has 0 saturated carbocycles. The zero-order valence-electron chi connectivity index (χ0n) is 19.8. The molecule has 0 bridgehead atoms. The molecule has 11 heteroatoms. The van der Waals surface area contributed by atoms with Crippen molar-refractivity contribution in [2.75, 3.05) is 19.6 Å². The monoisotopic (exact) mass is 479 g/mol. The summed E-state index contributed by atoms with van der Waals surface area (Å²) in [6, 6.07) is 5.08. The minimum atomic E-state index is -3.70. The molecule has 2 rings (SSSR count). The third-order valence-electron chi connectivity index (χ3n) is 5.11. The minimum Gasteiger partial charge on any atom is -0.354 e. The van der Waals surface area contributed by atoms with Gasteiger partial charge in [-0.25, -0.2) is 8.42 Å². The Hall–Kier alpha value is -2.79. The van der Waals surface area contributed by atoms with Crippen molar-refractivity contribution in [3.8, 4) is 0 Å². The van der Waals surface area contributed by atoms with Gasteiger partial charge in [0.05, 0.1) is 4.90 Å². The van der Waals surface area contributed by atoms with E-state index in [0.29, 0.717) is 44.2 Å². The van der Waals surface area contributed by atoms with E-state index in [0.717, 1.165) is 0 Å². The fourth-order valence-corrected chi connectivity index (χ4v) is 4.78. The van der Waals surface area contributed by atoms with Gasteiger partial charge in [0.1, 0.15) is 6.04 Å². The third-order valence-corrected chi connectivity index (χ3v) is 7.16. The van der Waals surface area contributed by atoms with Crippen LogP contribution in [0, 0.1) is 12.8 Å². The van der Waals surface area contributed by atoms with E-state index in [2.05, 4.69) is 20.8 Å². The highest BCUT2D eigenvalue weighted by molar-refractivity contribution is 7.89. The van der Waals surface area contributed by atoms with Gasteiger partial charge in [-0.3, -0.25) is 9.59 Å². The Labute approximate surface area is 195 Å². The number of hydrogen-bond acceptors (Lipinski definition) is 7. The van der Waals surface area contributed by atoms with Gasteiger partial charge in [-0.1, -0.05) is 38.9 Å². The first-order valence-electron chi connectivity index (χ1n) is 11.1. The molecule has 1 aromatic heterocycles. The molecule has 182 valence electrons. The fraction of sp³-hybridized carbons (Fsp3) is 0.545. The molecule has 10 nitrogen and oxygen atoms in total. The molecule has 0 saturated heterocycles. The number of hydrogen-bond donors (Lipinski definition) is 2. The van der Waals surface area contributed by atoms with E-state index in [1.54, 1.807) is 20.8 Å². The van der Waals surface area contributed by atoms with Crippen LogP contribution in [0.2, 0.25) is 0 Å². The Balaban J connectivity index is 2.02. The van der Waals surface area contributed by atoms with Gasteiger partial charge in [0.25, 0.3) is 5.91 Å². The average Bonchev–Trinajstić information content (AvgIpc) is 3.20. The molecule has 0 spiro atoms. The molecule has 1 aromatic carbocycles. The van der Waals surface area contributed by atoms with E-state index in [4.69, 9.17) is 4.52 Å². The minimum absolute atomic E-state index is 0.0423. The van der Waals surface area contributed by atoms with Crippen LogP contribution in [0.4, 0.5) is 0 Å². The number of amides is 2. The molecule has 0 radical (unpaired) electrons. The molecule has 1 heterocycles. The summed E-state index contributed by atoms with van der Waals surface area (Å²) in [4.78, 5) is 29.7. The lowest BCUT2D eigenvalue weighted by Gasteiger charge is -2.22. The quantitative estimate of drug-likeness (QED) is 0.444. The predicted octanol–water partition coefficient (Wildman–Crippen LogP) is 1.91. The van der Waals surface area contributed by atoms with Gasteiger partial charge in [0.15, 0.2) is 5.82 Å². The Morgan fingerprint density at radius 2 is 1.88 bits per heavy atom. The number of carbonyl (C=O) groups excluding carboxylic acids is 2. The Kier molecular flexibility index (Phi) is 9.54. The second-order valence-corrected chi connectivity index (χ2v) is 9.88. The van der Waals surface area contributed by atoms with Crippen LogP contribution in [0.1, 0.15) is 56.2 Å². The van der Waals surface area contributed by atoms with Crippen LogP contribution in [0.5, 0.6) is 0 Å². The van der Waals surface area contributed by atoms with Crippen LogP contribution in [0.15, 0.2) is 33.7 Å². The highest BCUT2D eigenvalue weighted by Crippen LogP contribution is 2.17. The first-order valence-corrected chi connectivity index (χ1v) is 12.5. The van der Waals surface area contributed by atoms with Gasteiger partial charge in [0.2, 0.25) is 21.8 Å². The second kappa shape index (κ2) is 11.9. The summed E-state index contributed by atoms with van der Waals surface area (Å²) in [5, 5.41) is 9.27. The molecular weight excluding hydrogens is 446 g/mol. The van der Waals surface area contributed by atoms with Gasteiger partial charge in [-0.2, -0.15) is 9.29 Å². The summed E-state index contributed by atoms with van der Waals surface area (Å²) in [6.07, 6.45) is 1.14. The molecule has 1 atom stereocenters. The first kappa shape index (κ1) is 26.5. The van der Waals surface area contributed by atoms with Gasteiger partial charge < -0.3 is 15.2 Å². The standard InChI is InChI=1S/C22H33N5O5S/c1-6-27(7-2)33(30,31)18-11-8-10-17(14-18)21(28)25-20(15(3)4)22(29)23-13-9-12-19-24-16(5)26-32-19/h8,10-11,14-15,20H,6-7,9,12-13H2,1-5H3,(H,23,29)(H,25,28). The van der Waals surface area contributed by atoms with Crippen LogP contribution < -0.4 is 10.6 Å². The lowest BCUT2D eigenvalue weighted by Crippen LogP contribution is -2.50. The van der Waals surface area contributed by atoms with Crippen LogP contribution in [0.3, 0.4) is 0 Å². The molecule has 0 aliphatic heterocycles. The second-order valence-electron chi connectivity index (χ2n) is 7.94. The summed E-state index contributed by atoms with van der Waals surface area (Å²) in [5.74, 6) is 0.0736. The first-order chi connectivity index (χ1) is 15.6. The van der Waals surface area contributed by atoms with E-state index in [1.165, 1.54) is 28.6 Å². The maximum absolute atomic E-state index is 12.8. The van der Waals surface area contributed by atoms with Crippen LogP contribution in [-0.2, 0) is 21.2 Å². The van der Waals surface area contributed by atoms with Crippen molar-refractivity contribution in [1.29, 1.82) is 0 Å². The van der Waals surface area contributed by atoms with E-state index in [1.807, 2.05) is 13.8 Å². The van der Waals surface area contributed by atoms with E-state index >= 15 is 0 Å². The lowest BCUT2D eigenvalue weighted by atomic mass is 10.0. The summed E-state index contributed by atoms with van der Waals surface area (Å²) in [7, 11) is -3.70. The normalized spacial score (nSPS) is 12.7.